The molecule has 0 bridgehead atoms. The molecule has 0 aliphatic heterocycles. The van der Waals surface area contributed by atoms with E-state index in [4.69, 9.17) is 4.74 Å². The van der Waals surface area contributed by atoms with Crippen LogP contribution in [0, 0.1) is 0 Å². The average molecular weight is 346 g/mol. The van der Waals surface area contributed by atoms with E-state index in [1.165, 1.54) is 4.57 Å². The summed E-state index contributed by atoms with van der Waals surface area (Å²) in [6.45, 7) is 6.01. The summed E-state index contributed by atoms with van der Waals surface area (Å²) in [6.07, 6.45) is 2.65. The number of esters is 1. The molecule has 126 valence electrons. The number of nitrogens with zero attached hydrogens (tertiary/aromatic N) is 2. The zero-order valence-corrected chi connectivity index (χ0v) is 14.6. The third kappa shape index (κ3) is 2.36. The van der Waals surface area contributed by atoms with Crippen molar-refractivity contribution < 1.29 is 9.53 Å². The Morgan fingerprint density at radius 2 is 1.96 bits per heavy atom. The Kier molecular flexibility index (Phi) is 4.28. The number of fused-ring (bicyclic) bond motifs is 3. The highest BCUT2D eigenvalue weighted by Gasteiger charge is 2.24. The number of hydrogen-bond acceptors (Lipinski definition) is 5. The van der Waals surface area contributed by atoms with E-state index >= 15 is 0 Å². The SMILES string of the molecule is CCOC(=O)c1c2sc(=O)n(CC)c(=O)c2n2cc(CC)ccc12. The van der Waals surface area contributed by atoms with E-state index in [1.54, 1.807) is 24.3 Å². The summed E-state index contributed by atoms with van der Waals surface area (Å²) in [5.74, 6) is -0.515. The molecule has 0 unspecified atom stereocenters. The zero-order chi connectivity index (χ0) is 17.4. The van der Waals surface area contributed by atoms with Crippen LogP contribution in [0.25, 0.3) is 15.7 Å². The van der Waals surface area contributed by atoms with Gasteiger partial charge in [-0.25, -0.2) is 4.79 Å². The van der Waals surface area contributed by atoms with Crippen molar-refractivity contribution in [3.63, 3.8) is 0 Å². The minimum Gasteiger partial charge on any atom is -0.462 e. The van der Waals surface area contributed by atoms with Crippen molar-refractivity contribution in [1.82, 2.24) is 8.97 Å². The molecule has 6 nitrogen and oxygen atoms in total. The zero-order valence-electron chi connectivity index (χ0n) is 13.8. The molecule has 3 aromatic rings. The highest BCUT2D eigenvalue weighted by molar-refractivity contribution is 7.16. The lowest BCUT2D eigenvalue weighted by Gasteiger charge is -2.03. The second-order valence-corrected chi connectivity index (χ2v) is 6.30. The van der Waals surface area contributed by atoms with Crippen molar-refractivity contribution in [2.24, 2.45) is 0 Å². The minimum atomic E-state index is -0.515. The molecular formula is C17H18N2O4S. The Labute approximate surface area is 141 Å². The predicted molar refractivity (Wildman–Crippen MR) is 94.3 cm³/mol. The normalized spacial score (nSPS) is 11.3. The second kappa shape index (κ2) is 6.24. The summed E-state index contributed by atoms with van der Waals surface area (Å²) in [5, 5.41) is 0. The van der Waals surface area contributed by atoms with Gasteiger partial charge >= 0.3 is 10.8 Å². The van der Waals surface area contributed by atoms with Gasteiger partial charge in [-0.15, -0.1) is 0 Å². The number of rotatable bonds is 4. The molecule has 0 spiro atoms. The molecule has 0 atom stereocenters. The van der Waals surface area contributed by atoms with Gasteiger partial charge in [-0.3, -0.25) is 14.2 Å². The Balaban J connectivity index is 2.55. The summed E-state index contributed by atoms with van der Waals surface area (Å²) in [6, 6.07) is 3.72. The van der Waals surface area contributed by atoms with Crippen molar-refractivity contribution in [2.75, 3.05) is 6.61 Å². The summed E-state index contributed by atoms with van der Waals surface area (Å²) in [7, 11) is 0. The van der Waals surface area contributed by atoms with Gasteiger partial charge in [-0.05, 0) is 31.9 Å². The number of carbonyl (C=O) groups is 1. The van der Waals surface area contributed by atoms with E-state index in [2.05, 4.69) is 0 Å². The van der Waals surface area contributed by atoms with Gasteiger partial charge in [-0.2, -0.15) is 0 Å². The van der Waals surface area contributed by atoms with Crippen molar-refractivity contribution >= 4 is 33.0 Å². The number of ether oxygens (including phenoxy) is 1. The molecule has 0 fully saturated rings. The van der Waals surface area contributed by atoms with Crippen LogP contribution in [0.1, 0.15) is 36.7 Å². The maximum Gasteiger partial charge on any atom is 0.341 e. The Morgan fingerprint density at radius 1 is 1.21 bits per heavy atom. The van der Waals surface area contributed by atoms with Gasteiger partial charge in [0.05, 0.1) is 16.8 Å². The second-order valence-electron chi connectivity index (χ2n) is 5.34. The number of carbonyl (C=O) groups excluding carboxylic acids is 1. The van der Waals surface area contributed by atoms with E-state index in [1.807, 2.05) is 19.2 Å². The quantitative estimate of drug-likeness (QED) is 0.680. The molecule has 3 aromatic heterocycles. The molecule has 0 aromatic carbocycles. The molecule has 0 N–H and O–H groups in total. The van der Waals surface area contributed by atoms with Gasteiger partial charge in [-0.1, -0.05) is 24.3 Å². The van der Waals surface area contributed by atoms with Crippen LogP contribution in [0.5, 0.6) is 0 Å². The first-order valence-electron chi connectivity index (χ1n) is 7.91. The van der Waals surface area contributed by atoms with Crippen molar-refractivity contribution in [3.8, 4) is 0 Å². The Bertz CT molecular complexity index is 1060. The first kappa shape index (κ1) is 16.4. The first-order chi connectivity index (χ1) is 11.5. The van der Waals surface area contributed by atoms with E-state index in [-0.39, 0.29) is 22.6 Å². The molecule has 0 aliphatic rings. The smallest absolute Gasteiger partial charge is 0.341 e. The fourth-order valence-electron chi connectivity index (χ4n) is 2.81. The van der Waals surface area contributed by atoms with Crippen molar-refractivity contribution in [2.45, 2.75) is 33.7 Å². The van der Waals surface area contributed by atoms with Gasteiger partial charge in [0.15, 0.2) is 0 Å². The molecule has 7 heteroatoms. The van der Waals surface area contributed by atoms with E-state index in [9.17, 15) is 14.4 Å². The molecule has 3 heterocycles. The summed E-state index contributed by atoms with van der Waals surface area (Å²) in [5.41, 5.74) is 1.89. The Hall–Kier alpha value is -2.41. The first-order valence-corrected chi connectivity index (χ1v) is 8.72. The van der Waals surface area contributed by atoms with Gasteiger partial charge in [0.2, 0.25) is 0 Å². The monoisotopic (exact) mass is 346 g/mol. The van der Waals surface area contributed by atoms with Gasteiger partial charge < -0.3 is 9.14 Å². The maximum absolute atomic E-state index is 12.8. The van der Waals surface area contributed by atoms with Crippen LogP contribution in [-0.4, -0.2) is 21.5 Å². The number of aromatic nitrogens is 2. The standard InChI is InChI=1S/C17H18N2O4S/c1-4-10-7-8-11-12(16(21)23-6-3)14-13(19(11)9-10)15(20)18(5-2)17(22)24-14/h7-9H,4-6H2,1-3H3. The average Bonchev–Trinajstić information content (AvgIpc) is 2.88. The summed E-state index contributed by atoms with van der Waals surface area (Å²) in [4.78, 5) is 37.1. The third-order valence-electron chi connectivity index (χ3n) is 4.01. The fourth-order valence-corrected chi connectivity index (χ4v) is 3.88. The van der Waals surface area contributed by atoms with Crippen LogP contribution in [0.15, 0.2) is 27.9 Å². The number of pyridine rings is 1. The summed E-state index contributed by atoms with van der Waals surface area (Å²) >= 11 is 0.913. The molecular weight excluding hydrogens is 328 g/mol. The maximum atomic E-state index is 12.8. The molecule has 0 saturated carbocycles. The highest BCUT2D eigenvalue weighted by atomic mass is 32.1. The highest BCUT2D eigenvalue weighted by Crippen LogP contribution is 2.27. The topological polar surface area (TPSA) is 69.8 Å². The van der Waals surface area contributed by atoms with Crippen molar-refractivity contribution in [1.29, 1.82) is 0 Å². The van der Waals surface area contributed by atoms with Crippen LogP contribution >= 0.6 is 11.3 Å². The van der Waals surface area contributed by atoms with Crippen LogP contribution in [0.2, 0.25) is 0 Å². The van der Waals surface area contributed by atoms with E-state index in [0.717, 1.165) is 23.3 Å². The molecule has 3 rings (SSSR count). The molecule has 0 amide bonds. The van der Waals surface area contributed by atoms with Gasteiger partial charge in [0.25, 0.3) is 5.56 Å². The van der Waals surface area contributed by atoms with Crippen molar-refractivity contribution in [3.05, 3.63) is 49.5 Å². The number of hydrogen-bond donors (Lipinski definition) is 0. The number of aryl methyl sites for hydroxylation is 1. The fraction of sp³-hybridized carbons (Fsp3) is 0.353. The summed E-state index contributed by atoms with van der Waals surface area (Å²) < 4.78 is 8.43. The molecule has 0 aliphatic carbocycles. The minimum absolute atomic E-state index is 0.228. The van der Waals surface area contributed by atoms with Gasteiger partial charge in [0.1, 0.15) is 11.1 Å². The Morgan fingerprint density at radius 3 is 2.58 bits per heavy atom. The lowest BCUT2D eigenvalue weighted by Crippen LogP contribution is -2.30. The van der Waals surface area contributed by atoms with E-state index in [0.29, 0.717) is 22.3 Å². The third-order valence-corrected chi connectivity index (χ3v) is 5.01. The molecule has 24 heavy (non-hydrogen) atoms. The molecule has 0 saturated heterocycles. The lowest BCUT2D eigenvalue weighted by molar-refractivity contribution is 0.0531. The van der Waals surface area contributed by atoms with Crippen LogP contribution in [-0.2, 0) is 17.7 Å². The van der Waals surface area contributed by atoms with Crippen LogP contribution < -0.4 is 10.4 Å². The van der Waals surface area contributed by atoms with Crippen LogP contribution in [0.4, 0.5) is 0 Å². The van der Waals surface area contributed by atoms with Gasteiger partial charge in [0, 0.05) is 12.7 Å². The lowest BCUT2D eigenvalue weighted by atomic mass is 10.2. The molecule has 0 radical (unpaired) electrons. The largest absolute Gasteiger partial charge is 0.462 e. The predicted octanol–water partition coefficient (Wildman–Crippen LogP) is 2.43. The van der Waals surface area contributed by atoms with E-state index < -0.39 is 5.97 Å². The van der Waals surface area contributed by atoms with Crippen LogP contribution in [0.3, 0.4) is 0 Å².